The molecule has 3 rings (SSSR count). The zero-order valence-corrected chi connectivity index (χ0v) is 13.8. The van der Waals surface area contributed by atoms with E-state index in [1.165, 1.54) is 40.7 Å². The number of benzene rings is 2. The lowest BCUT2D eigenvalue weighted by molar-refractivity contribution is 0.384. The molecule has 0 unspecified atom stereocenters. The molecule has 0 aromatic heterocycles. The van der Waals surface area contributed by atoms with Gasteiger partial charge in [-0.2, -0.15) is 4.31 Å². The first-order chi connectivity index (χ1) is 11.4. The summed E-state index contributed by atoms with van der Waals surface area (Å²) in [4.78, 5) is 2.03. The summed E-state index contributed by atoms with van der Waals surface area (Å²) in [5.74, 6) is -0.813. The van der Waals surface area contributed by atoms with Crippen LogP contribution in [0.15, 0.2) is 48.5 Å². The van der Waals surface area contributed by atoms with Crippen molar-refractivity contribution < 1.29 is 17.2 Å². The topological polar surface area (TPSA) is 40.6 Å². The zero-order chi connectivity index (χ0) is 17.2. The summed E-state index contributed by atoms with van der Waals surface area (Å²) in [7, 11) is -3.44. The van der Waals surface area contributed by atoms with Crippen molar-refractivity contribution in [2.45, 2.75) is 5.75 Å². The minimum atomic E-state index is -3.44. The summed E-state index contributed by atoms with van der Waals surface area (Å²) in [5, 5.41) is 0. The Bertz CT molecular complexity index is 784. The molecular weight excluding hydrogens is 334 g/mol. The third-order valence-electron chi connectivity index (χ3n) is 4.09. The SMILES string of the molecule is O=S(=O)(Cc1ccc(F)cc1)N1CCN(c2ccc(F)cc2)CC1. The van der Waals surface area contributed by atoms with Crippen LogP contribution in [0.5, 0.6) is 0 Å². The molecule has 0 radical (unpaired) electrons. The second kappa shape index (κ2) is 6.86. The lowest BCUT2D eigenvalue weighted by Gasteiger charge is -2.35. The maximum atomic E-state index is 13.0. The lowest BCUT2D eigenvalue weighted by Crippen LogP contribution is -2.49. The Morgan fingerprint density at radius 1 is 0.792 bits per heavy atom. The van der Waals surface area contributed by atoms with Crippen molar-refractivity contribution in [1.29, 1.82) is 0 Å². The summed E-state index contributed by atoms with van der Waals surface area (Å²) in [6, 6.07) is 11.7. The predicted molar refractivity (Wildman–Crippen MR) is 89.2 cm³/mol. The minimum Gasteiger partial charge on any atom is -0.369 e. The number of hydrogen-bond acceptors (Lipinski definition) is 3. The van der Waals surface area contributed by atoms with Crippen molar-refractivity contribution in [2.75, 3.05) is 31.1 Å². The molecule has 0 aliphatic carbocycles. The highest BCUT2D eigenvalue weighted by molar-refractivity contribution is 7.88. The zero-order valence-electron chi connectivity index (χ0n) is 13.0. The van der Waals surface area contributed by atoms with Crippen LogP contribution >= 0.6 is 0 Å². The van der Waals surface area contributed by atoms with Crippen LogP contribution in [0.25, 0.3) is 0 Å². The Balaban J connectivity index is 1.62. The Morgan fingerprint density at radius 3 is 1.83 bits per heavy atom. The minimum absolute atomic E-state index is 0.135. The standard InChI is InChI=1S/C17H18F2N2O2S/c18-15-3-1-14(2-4-15)13-24(22,23)21-11-9-20(10-12-21)17-7-5-16(19)6-8-17/h1-8H,9-13H2. The first-order valence-corrected chi connectivity index (χ1v) is 9.28. The molecule has 0 bridgehead atoms. The fourth-order valence-corrected chi connectivity index (χ4v) is 4.27. The summed E-state index contributed by atoms with van der Waals surface area (Å²) in [6.45, 7) is 1.85. The molecule has 24 heavy (non-hydrogen) atoms. The molecule has 1 aliphatic rings. The third kappa shape index (κ3) is 3.91. The summed E-state index contributed by atoms with van der Waals surface area (Å²) < 4.78 is 52.3. The number of hydrogen-bond donors (Lipinski definition) is 0. The van der Waals surface area contributed by atoms with Gasteiger partial charge < -0.3 is 4.90 Å². The molecule has 128 valence electrons. The van der Waals surface area contributed by atoms with Crippen LogP contribution in [-0.4, -0.2) is 38.9 Å². The molecule has 0 amide bonds. The highest BCUT2D eigenvalue weighted by atomic mass is 32.2. The molecule has 0 N–H and O–H groups in total. The van der Waals surface area contributed by atoms with Gasteiger partial charge in [0.15, 0.2) is 0 Å². The highest BCUT2D eigenvalue weighted by Crippen LogP contribution is 2.19. The average Bonchev–Trinajstić information content (AvgIpc) is 2.58. The van der Waals surface area contributed by atoms with Gasteiger partial charge in [0.05, 0.1) is 5.75 Å². The number of halogens is 2. The highest BCUT2D eigenvalue weighted by Gasteiger charge is 2.27. The van der Waals surface area contributed by atoms with Gasteiger partial charge in [-0.1, -0.05) is 12.1 Å². The van der Waals surface area contributed by atoms with Gasteiger partial charge in [-0.05, 0) is 42.0 Å². The molecule has 1 aliphatic heterocycles. The summed E-state index contributed by atoms with van der Waals surface area (Å²) >= 11 is 0. The van der Waals surface area contributed by atoms with E-state index in [-0.39, 0.29) is 17.4 Å². The molecule has 1 saturated heterocycles. The third-order valence-corrected chi connectivity index (χ3v) is 5.94. The molecule has 4 nitrogen and oxygen atoms in total. The first kappa shape index (κ1) is 16.9. The molecule has 1 heterocycles. The molecule has 1 fully saturated rings. The van der Waals surface area contributed by atoms with E-state index in [4.69, 9.17) is 0 Å². The molecule has 0 saturated carbocycles. The molecular formula is C17H18F2N2O2S. The van der Waals surface area contributed by atoms with Crippen LogP contribution in [0.1, 0.15) is 5.56 Å². The summed E-state index contributed by atoms with van der Waals surface area (Å²) in [6.07, 6.45) is 0. The Morgan fingerprint density at radius 2 is 1.29 bits per heavy atom. The monoisotopic (exact) mass is 352 g/mol. The fraction of sp³-hybridized carbons (Fsp3) is 0.294. The van der Waals surface area contributed by atoms with Crippen molar-refractivity contribution in [1.82, 2.24) is 4.31 Å². The van der Waals surface area contributed by atoms with Gasteiger partial charge >= 0.3 is 0 Å². The van der Waals surface area contributed by atoms with Gasteiger partial charge in [0, 0.05) is 31.9 Å². The van der Waals surface area contributed by atoms with Crippen molar-refractivity contribution in [3.63, 3.8) is 0 Å². The van der Waals surface area contributed by atoms with E-state index in [0.717, 1.165) is 5.69 Å². The molecule has 2 aromatic carbocycles. The smallest absolute Gasteiger partial charge is 0.218 e. The van der Waals surface area contributed by atoms with E-state index in [1.807, 2.05) is 4.90 Å². The van der Waals surface area contributed by atoms with Crippen LogP contribution in [0.4, 0.5) is 14.5 Å². The number of anilines is 1. The van der Waals surface area contributed by atoms with Crippen LogP contribution in [0.3, 0.4) is 0 Å². The van der Waals surface area contributed by atoms with Crippen LogP contribution in [-0.2, 0) is 15.8 Å². The van der Waals surface area contributed by atoms with Crippen molar-refractivity contribution >= 4 is 15.7 Å². The van der Waals surface area contributed by atoms with Gasteiger partial charge in [-0.25, -0.2) is 17.2 Å². The number of rotatable bonds is 4. The molecule has 7 heteroatoms. The largest absolute Gasteiger partial charge is 0.369 e. The van der Waals surface area contributed by atoms with E-state index >= 15 is 0 Å². The maximum Gasteiger partial charge on any atom is 0.218 e. The van der Waals surface area contributed by atoms with Gasteiger partial charge in [-0.15, -0.1) is 0 Å². The quantitative estimate of drug-likeness (QED) is 0.849. The van der Waals surface area contributed by atoms with Gasteiger partial charge in [0.1, 0.15) is 11.6 Å². The van der Waals surface area contributed by atoms with Gasteiger partial charge in [-0.3, -0.25) is 0 Å². The average molecular weight is 352 g/mol. The van der Waals surface area contributed by atoms with E-state index < -0.39 is 10.0 Å². The van der Waals surface area contributed by atoms with Crippen molar-refractivity contribution in [3.8, 4) is 0 Å². The van der Waals surface area contributed by atoms with E-state index in [1.54, 1.807) is 12.1 Å². The Kier molecular flexibility index (Phi) is 4.82. The second-order valence-corrected chi connectivity index (χ2v) is 7.71. The molecule has 0 atom stereocenters. The van der Waals surface area contributed by atoms with Crippen molar-refractivity contribution in [2.24, 2.45) is 0 Å². The Labute approximate surface area is 140 Å². The van der Waals surface area contributed by atoms with Crippen LogP contribution < -0.4 is 4.90 Å². The van der Waals surface area contributed by atoms with Crippen LogP contribution in [0.2, 0.25) is 0 Å². The second-order valence-electron chi connectivity index (χ2n) is 5.75. The lowest BCUT2D eigenvalue weighted by atomic mass is 10.2. The van der Waals surface area contributed by atoms with Gasteiger partial charge in [0.25, 0.3) is 0 Å². The molecule has 0 spiro atoms. The number of piperazine rings is 1. The fourth-order valence-electron chi connectivity index (χ4n) is 2.76. The Hall–Kier alpha value is -1.99. The van der Waals surface area contributed by atoms with Crippen LogP contribution in [0, 0.1) is 11.6 Å². The van der Waals surface area contributed by atoms with E-state index in [2.05, 4.69) is 0 Å². The normalized spacial score (nSPS) is 16.3. The predicted octanol–water partition coefficient (Wildman–Crippen LogP) is 2.62. The van der Waals surface area contributed by atoms with Gasteiger partial charge in [0.2, 0.25) is 10.0 Å². The summed E-state index contributed by atoms with van der Waals surface area (Å²) in [5.41, 5.74) is 1.45. The van der Waals surface area contributed by atoms with E-state index in [9.17, 15) is 17.2 Å². The molecule has 2 aromatic rings. The maximum absolute atomic E-state index is 13.0. The number of nitrogens with zero attached hydrogens (tertiary/aromatic N) is 2. The number of sulfonamides is 1. The first-order valence-electron chi connectivity index (χ1n) is 7.67. The van der Waals surface area contributed by atoms with Crippen molar-refractivity contribution in [3.05, 3.63) is 65.7 Å². The van der Waals surface area contributed by atoms with E-state index in [0.29, 0.717) is 31.7 Å².